The van der Waals surface area contributed by atoms with Crippen LogP contribution in [0, 0.1) is 5.92 Å². The van der Waals surface area contributed by atoms with Crippen molar-refractivity contribution < 1.29 is 13.9 Å². The molecule has 1 aromatic heterocycles. The smallest absolute Gasteiger partial charge is 0.220 e. The topological polar surface area (TPSA) is 51.5 Å². The summed E-state index contributed by atoms with van der Waals surface area (Å²) in [6.07, 6.45) is 2.76. The number of hydrogen-bond donors (Lipinski definition) is 1. The maximum Gasteiger partial charge on any atom is 0.220 e. The summed E-state index contributed by atoms with van der Waals surface area (Å²) in [6, 6.07) is 9.81. The Bertz CT molecular complexity index is 568. The average Bonchev–Trinajstić information content (AvgIpc) is 3.15. The number of para-hydroxylation sites is 1. The first-order valence-corrected chi connectivity index (χ1v) is 7.04. The molecule has 1 amide bonds. The van der Waals surface area contributed by atoms with Crippen LogP contribution in [0.25, 0.3) is 11.0 Å². The van der Waals surface area contributed by atoms with E-state index in [1.54, 1.807) is 7.11 Å². The van der Waals surface area contributed by atoms with Gasteiger partial charge in [-0.3, -0.25) is 4.79 Å². The van der Waals surface area contributed by atoms with E-state index in [1.165, 1.54) is 12.8 Å². The van der Waals surface area contributed by atoms with Crippen molar-refractivity contribution in [2.45, 2.75) is 25.4 Å². The monoisotopic (exact) mass is 273 g/mol. The van der Waals surface area contributed by atoms with E-state index in [4.69, 9.17) is 9.15 Å². The fourth-order valence-electron chi connectivity index (χ4n) is 2.32. The van der Waals surface area contributed by atoms with Crippen molar-refractivity contribution in [3.05, 3.63) is 36.1 Å². The van der Waals surface area contributed by atoms with Gasteiger partial charge in [0.15, 0.2) is 0 Å². The van der Waals surface area contributed by atoms with Crippen LogP contribution in [0.5, 0.6) is 0 Å². The highest BCUT2D eigenvalue weighted by atomic mass is 16.5. The fraction of sp³-hybridized carbons (Fsp3) is 0.438. The second-order valence-electron chi connectivity index (χ2n) is 5.36. The van der Waals surface area contributed by atoms with E-state index in [0.717, 1.165) is 16.7 Å². The summed E-state index contributed by atoms with van der Waals surface area (Å²) in [6.45, 7) is 0.446. The van der Waals surface area contributed by atoms with E-state index in [2.05, 4.69) is 5.32 Å². The predicted molar refractivity (Wildman–Crippen MR) is 76.3 cm³/mol. The SMILES string of the molecule is CO[C@@H](CNC(=O)CC1CC1)c1cc2ccccc2o1. The van der Waals surface area contributed by atoms with Crippen LogP contribution < -0.4 is 5.32 Å². The van der Waals surface area contributed by atoms with E-state index in [0.29, 0.717) is 18.9 Å². The van der Waals surface area contributed by atoms with Gasteiger partial charge in [-0.25, -0.2) is 0 Å². The highest BCUT2D eigenvalue weighted by molar-refractivity contribution is 5.78. The summed E-state index contributed by atoms with van der Waals surface area (Å²) in [5, 5.41) is 3.97. The van der Waals surface area contributed by atoms with Crippen molar-refractivity contribution in [1.82, 2.24) is 5.32 Å². The summed E-state index contributed by atoms with van der Waals surface area (Å²) in [4.78, 5) is 11.7. The van der Waals surface area contributed by atoms with Gasteiger partial charge in [-0.05, 0) is 30.9 Å². The molecule has 1 N–H and O–H groups in total. The lowest BCUT2D eigenvalue weighted by Gasteiger charge is -2.13. The Hall–Kier alpha value is -1.81. The summed E-state index contributed by atoms with van der Waals surface area (Å²) >= 11 is 0. The Morgan fingerprint density at radius 2 is 2.25 bits per heavy atom. The first-order chi connectivity index (χ1) is 9.76. The number of furan rings is 1. The number of benzene rings is 1. The molecule has 1 saturated carbocycles. The Morgan fingerprint density at radius 3 is 2.95 bits per heavy atom. The fourth-order valence-corrected chi connectivity index (χ4v) is 2.32. The minimum Gasteiger partial charge on any atom is -0.458 e. The second-order valence-corrected chi connectivity index (χ2v) is 5.36. The van der Waals surface area contributed by atoms with Crippen molar-refractivity contribution in [3.8, 4) is 0 Å². The van der Waals surface area contributed by atoms with E-state index in [-0.39, 0.29) is 12.0 Å². The molecule has 4 nitrogen and oxygen atoms in total. The van der Waals surface area contributed by atoms with Crippen LogP contribution in [0.2, 0.25) is 0 Å². The molecule has 1 atom stereocenters. The normalized spacial score (nSPS) is 16.2. The predicted octanol–water partition coefficient (Wildman–Crippen LogP) is 3.04. The van der Waals surface area contributed by atoms with Gasteiger partial charge < -0.3 is 14.5 Å². The summed E-state index contributed by atoms with van der Waals surface area (Å²) in [7, 11) is 1.63. The van der Waals surface area contributed by atoms with Gasteiger partial charge in [0, 0.05) is 18.9 Å². The lowest BCUT2D eigenvalue weighted by molar-refractivity contribution is -0.122. The molecule has 4 heteroatoms. The molecule has 0 radical (unpaired) electrons. The third-order valence-electron chi connectivity index (χ3n) is 3.70. The van der Waals surface area contributed by atoms with Crippen molar-refractivity contribution in [2.24, 2.45) is 5.92 Å². The number of ether oxygens (including phenoxy) is 1. The van der Waals surface area contributed by atoms with Gasteiger partial charge >= 0.3 is 0 Å². The molecule has 1 fully saturated rings. The minimum absolute atomic E-state index is 0.102. The highest BCUT2D eigenvalue weighted by Crippen LogP contribution is 2.32. The third kappa shape index (κ3) is 3.02. The van der Waals surface area contributed by atoms with Crippen LogP contribution in [0.3, 0.4) is 0 Å². The van der Waals surface area contributed by atoms with Gasteiger partial charge in [-0.2, -0.15) is 0 Å². The zero-order chi connectivity index (χ0) is 13.9. The molecule has 1 heterocycles. The van der Waals surface area contributed by atoms with E-state index in [1.807, 2.05) is 30.3 Å². The lowest BCUT2D eigenvalue weighted by Crippen LogP contribution is -2.29. The van der Waals surface area contributed by atoms with Crippen molar-refractivity contribution >= 4 is 16.9 Å². The molecule has 0 unspecified atom stereocenters. The second kappa shape index (κ2) is 5.67. The van der Waals surface area contributed by atoms with E-state index in [9.17, 15) is 4.79 Å². The summed E-state index contributed by atoms with van der Waals surface area (Å²) in [5.74, 6) is 1.45. The summed E-state index contributed by atoms with van der Waals surface area (Å²) in [5.41, 5.74) is 0.842. The van der Waals surface area contributed by atoms with Gasteiger partial charge in [-0.1, -0.05) is 18.2 Å². The average molecular weight is 273 g/mol. The Balaban J connectivity index is 1.64. The van der Waals surface area contributed by atoms with Gasteiger partial charge in [0.1, 0.15) is 17.4 Å². The number of carbonyl (C=O) groups excluding carboxylic acids is 1. The zero-order valence-corrected chi connectivity index (χ0v) is 11.6. The molecule has 106 valence electrons. The van der Waals surface area contributed by atoms with Crippen LogP contribution >= 0.6 is 0 Å². The number of carbonyl (C=O) groups is 1. The Labute approximate surface area is 118 Å². The molecule has 2 aromatic rings. The van der Waals surface area contributed by atoms with Gasteiger partial charge in [-0.15, -0.1) is 0 Å². The van der Waals surface area contributed by atoms with Crippen molar-refractivity contribution in [2.75, 3.05) is 13.7 Å². The van der Waals surface area contributed by atoms with Crippen LogP contribution in [-0.4, -0.2) is 19.6 Å². The van der Waals surface area contributed by atoms with Crippen molar-refractivity contribution in [3.63, 3.8) is 0 Å². The summed E-state index contributed by atoms with van der Waals surface area (Å²) < 4.78 is 11.2. The molecule has 1 aliphatic rings. The minimum atomic E-state index is -0.245. The van der Waals surface area contributed by atoms with Crippen LogP contribution in [0.15, 0.2) is 34.7 Å². The molecular weight excluding hydrogens is 254 g/mol. The molecule has 1 aliphatic carbocycles. The molecule has 0 saturated heterocycles. The molecule has 20 heavy (non-hydrogen) atoms. The Morgan fingerprint density at radius 1 is 1.45 bits per heavy atom. The Kier molecular flexibility index (Phi) is 3.74. The number of rotatable bonds is 6. The number of methoxy groups -OCH3 is 1. The van der Waals surface area contributed by atoms with Gasteiger partial charge in [0.2, 0.25) is 5.91 Å². The van der Waals surface area contributed by atoms with E-state index < -0.39 is 0 Å². The largest absolute Gasteiger partial charge is 0.458 e. The number of nitrogens with one attached hydrogen (secondary N) is 1. The first kappa shape index (κ1) is 13.2. The molecular formula is C16H19NO3. The molecule has 0 spiro atoms. The van der Waals surface area contributed by atoms with Crippen LogP contribution in [0.1, 0.15) is 31.1 Å². The number of amides is 1. The quantitative estimate of drug-likeness (QED) is 0.880. The molecule has 0 bridgehead atoms. The molecule has 0 aliphatic heterocycles. The zero-order valence-electron chi connectivity index (χ0n) is 11.6. The highest BCUT2D eigenvalue weighted by Gasteiger charge is 2.25. The maximum atomic E-state index is 11.7. The van der Waals surface area contributed by atoms with Crippen molar-refractivity contribution in [1.29, 1.82) is 0 Å². The van der Waals surface area contributed by atoms with Gasteiger partial charge in [0.05, 0.1) is 6.54 Å². The first-order valence-electron chi connectivity index (χ1n) is 7.04. The third-order valence-corrected chi connectivity index (χ3v) is 3.70. The van der Waals surface area contributed by atoms with Crippen LogP contribution in [-0.2, 0) is 9.53 Å². The number of fused-ring (bicyclic) bond motifs is 1. The number of hydrogen-bond acceptors (Lipinski definition) is 3. The van der Waals surface area contributed by atoms with Gasteiger partial charge in [0.25, 0.3) is 0 Å². The maximum absolute atomic E-state index is 11.7. The lowest BCUT2D eigenvalue weighted by atomic mass is 10.2. The van der Waals surface area contributed by atoms with Crippen LogP contribution in [0.4, 0.5) is 0 Å². The molecule has 3 rings (SSSR count). The van der Waals surface area contributed by atoms with E-state index >= 15 is 0 Å². The molecule has 1 aromatic carbocycles. The standard InChI is InChI=1S/C16H19NO3/c1-19-15(10-17-16(18)8-11-6-7-11)14-9-12-4-2-3-5-13(12)20-14/h2-5,9,11,15H,6-8,10H2,1H3,(H,17,18)/t15-/m0/s1.